The number of piperidine rings is 1. The summed E-state index contributed by atoms with van der Waals surface area (Å²) in [5.74, 6) is -0.199. The van der Waals surface area contributed by atoms with Gasteiger partial charge in [0.2, 0.25) is 5.95 Å². The maximum absolute atomic E-state index is 14.7. The summed E-state index contributed by atoms with van der Waals surface area (Å²) >= 11 is 0. The highest BCUT2D eigenvalue weighted by molar-refractivity contribution is 5.98. The Labute approximate surface area is 171 Å². The minimum Gasteiger partial charge on any atom is -0.339 e. The van der Waals surface area contributed by atoms with Crippen LogP contribution in [0.15, 0.2) is 42.9 Å². The highest BCUT2D eigenvalue weighted by atomic mass is 19.1. The Morgan fingerprint density at radius 3 is 2.77 bits per heavy atom. The van der Waals surface area contributed by atoms with Crippen LogP contribution in [0.4, 0.5) is 14.7 Å². The fourth-order valence-electron chi connectivity index (χ4n) is 4.20. The van der Waals surface area contributed by atoms with Gasteiger partial charge in [-0.2, -0.15) is 15.0 Å². The summed E-state index contributed by atoms with van der Waals surface area (Å²) in [5, 5.41) is 8.07. The summed E-state index contributed by atoms with van der Waals surface area (Å²) in [6.45, 7) is 1.18. The molecule has 10 heteroatoms. The van der Waals surface area contributed by atoms with Crippen LogP contribution in [-0.2, 0) is 6.67 Å². The molecule has 0 N–H and O–H groups in total. The molecule has 2 saturated heterocycles. The molecule has 5 rings (SSSR count). The predicted octanol–water partition coefficient (Wildman–Crippen LogP) is 2.02. The number of nitrogens with zero attached hydrogens (tertiary/aromatic N) is 7. The van der Waals surface area contributed by atoms with Crippen molar-refractivity contribution < 1.29 is 13.6 Å². The van der Waals surface area contributed by atoms with Crippen LogP contribution in [0, 0.1) is 11.7 Å². The van der Waals surface area contributed by atoms with Crippen LogP contribution in [0.5, 0.6) is 0 Å². The van der Waals surface area contributed by atoms with E-state index < -0.39 is 12.5 Å². The molecular weight excluding hydrogens is 392 g/mol. The largest absolute Gasteiger partial charge is 0.339 e. The number of carbonyl (C=O) groups is 1. The lowest BCUT2D eigenvalue weighted by Crippen LogP contribution is -2.66. The van der Waals surface area contributed by atoms with Crippen LogP contribution in [0.2, 0.25) is 0 Å². The lowest BCUT2D eigenvalue weighted by atomic mass is 9.81. The van der Waals surface area contributed by atoms with Crippen LogP contribution < -0.4 is 4.90 Å². The first kappa shape index (κ1) is 18.6. The molecule has 1 aromatic carbocycles. The van der Waals surface area contributed by atoms with Gasteiger partial charge in [0.1, 0.15) is 23.7 Å². The Balaban J connectivity index is 1.40. The minimum atomic E-state index is -0.655. The number of benzene rings is 1. The third kappa shape index (κ3) is 3.08. The van der Waals surface area contributed by atoms with Crippen molar-refractivity contribution in [2.75, 3.05) is 24.5 Å². The van der Waals surface area contributed by atoms with Crippen molar-refractivity contribution >= 4 is 11.9 Å². The SMILES string of the molecule is O=C(c1c(F)cccc1-n1nccn1)N1C[C@@H]2CCN(c3nccc(CF)n3)C[C@@H]21. The van der Waals surface area contributed by atoms with E-state index >= 15 is 0 Å². The zero-order valence-corrected chi connectivity index (χ0v) is 16.0. The molecule has 2 aliphatic rings. The second-order valence-corrected chi connectivity index (χ2v) is 7.45. The van der Waals surface area contributed by atoms with Crippen molar-refractivity contribution in [3.05, 3.63) is 59.9 Å². The molecule has 4 heterocycles. The van der Waals surface area contributed by atoms with Crippen molar-refractivity contribution in [3.8, 4) is 5.69 Å². The lowest BCUT2D eigenvalue weighted by molar-refractivity contribution is 0.00729. The smallest absolute Gasteiger partial charge is 0.259 e. The number of carbonyl (C=O) groups excluding carboxylic acids is 1. The number of amides is 1. The molecule has 154 valence electrons. The normalized spacial score (nSPS) is 20.6. The molecule has 1 amide bonds. The first-order valence-corrected chi connectivity index (χ1v) is 9.74. The lowest BCUT2D eigenvalue weighted by Gasteiger charge is -2.53. The van der Waals surface area contributed by atoms with Gasteiger partial charge in [0, 0.05) is 31.7 Å². The standard InChI is InChI=1S/C20H19F2N7O/c21-10-14-4-6-23-20(26-14)27-9-5-13-11-28(17(13)12-27)19(30)18-15(22)2-1-3-16(18)29-24-7-8-25-29/h1-4,6-8,13,17H,5,9-12H2/t13-,17-/m0/s1. The van der Waals surface area contributed by atoms with Crippen molar-refractivity contribution in [1.82, 2.24) is 29.9 Å². The molecule has 0 spiro atoms. The Morgan fingerprint density at radius 2 is 1.97 bits per heavy atom. The van der Waals surface area contributed by atoms with E-state index in [0.717, 1.165) is 13.0 Å². The van der Waals surface area contributed by atoms with Crippen molar-refractivity contribution in [3.63, 3.8) is 0 Å². The van der Waals surface area contributed by atoms with Gasteiger partial charge in [-0.25, -0.2) is 18.7 Å². The molecule has 2 aliphatic heterocycles. The van der Waals surface area contributed by atoms with Gasteiger partial charge >= 0.3 is 0 Å². The topological polar surface area (TPSA) is 80.0 Å². The summed E-state index contributed by atoms with van der Waals surface area (Å²) in [5.41, 5.74) is 0.589. The molecule has 2 atom stereocenters. The van der Waals surface area contributed by atoms with E-state index in [4.69, 9.17) is 0 Å². The molecule has 0 aliphatic carbocycles. The fourth-order valence-corrected chi connectivity index (χ4v) is 4.20. The third-order valence-corrected chi connectivity index (χ3v) is 5.77. The molecule has 30 heavy (non-hydrogen) atoms. The summed E-state index contributed by atoms with van der Waals surface area (Å²) in [6, 6.07) is 5.87. The first-order valence-electron chi connectivity index (χ1n) is 9.74. The number of hydrogen-bond acceptors (Lipinski definition) is 6. The highest BCUT2D eigenvalue weighted by Gasteiger charge is 2.46. The number of likely N-dealkylation sites (tertiary alicyclic amines) is 1. The van der Waals surface area contributed by atoms with E-state index in [-0.39, 0.29) is 17.5 Å². The third-order valence-electron chi connectivity index (χ3n) is 5.77. The van der Waals surface area contributed by atoms with Gasteiger partial charge in [0.25, 0.3) is 5.91 Å². The van der Waals surface area contributed by atoms with Crippen LogP contribution in [0.1, 0.15) is 22.5 Å². The Hall–Kier alpha value is -3.43. The second-order valence-electron chi connectivity index (χ2n) is 7.45. The van der Waals surface area contributed by atoms with Gasteiger partial charge in [-0.1, -0.05) is 6.07 Å². The Kier molecular flexibility index (Phi) is 4.61. The van der Waals surface area contributed by atoms with E-state index in [2.05, 4.69) is 20.2 Å². The zero-order chi connectivity index (χ0) is 20.7. The van der Waals surface area contributed by atoms with Crippen LogP contribution in [0.3, 0.4) is 0 Å². The number of halogens is 2. The van der Waals surface area contributed by atoms with Crippen molar-refractivity contribution in [2.45, 2.75) is 19.1 Å². The predicted molar refractivity (Wildman–Crippen MR) is 103 cm³/mol. The summed E-state index contributed by atoms with van der Waals surface area (Å²) in [4.78, 5) is 26.7. The van der Waals surface area contributed by atoms with Crippen LogP contribution in [-0.4, -0.2) is 61.4 Å². The fraction of sp³-hybridized carbons (Fsp3) is 0.350. The van der Waals surface area contributed by atoms with Gasteiger partial charge in [0.15, 0.2) is 0 Å². The number of alkyl halides is 1. The maximum Gasteiger partial charge on any atom is 0.259 e. The zero-order valence-electron chi connectivity index (χ0n) is 16.0. The van der Waals surface area contributed by atoms with Gasteiger partial charge in [-0.05, 0) is 24.6 Å². The number of aromatic nitrogens is 5. The molecule has 0 unspecified atom stereocenters. The summed E-state index contributed by atoms with van der Waals surface area (Å²) in [7, 11) is 0. The molecule has 0 saturated carbocycles. The average molecular weight is 411 g/mol. The number of anilines is 1. The van der Waals surface area contributed by atoms with Gasteiger partial charge in [-0.3, -0.25) is 4.79 Å². The quantitative estimate of drug-likeness (QED) is 0.654. The number of fused-ring (bicyclic) bond motifs is 1. The molecule has 0 radical (unpaired) electrons. The molecule has 3 aromatic rings. The molecule has 2 fully saturated rings. The van der Waals surface area contributed by atoms with E-state index in [1.54, 1.807) is 17.0 Å². The summed E-state index contributed by atoms with van der Waals surface area (Å²) in [6.07, 6.45) is 5.35. The average Bonchev–Trinajstić information content (AvgIpc) is 3.29. The van der Waals surface area contributed by atoms with Gasteiger partial charge < -0.3 is 9.80 Å². The first-order chi connectivity index (χ1) is 14.7. The maximum atomic E-state index is 14.7. The minimum absolute atomic E-state index is 0.0417. The molecular formula is C20H19F2N7O. The van der Waals surface area contributed by atoms with Crippen LogP contribution in [0.25, 0.3) is 5.69 Å². The van der Waals surface area contributed by atoms with Gasteiger partial charge in [0.05, 0.1) is 24.1 Å². The second kappa shape index (κ2) is 7.43. The molecule has 8 nitrogen and oxygen atoms in total. The Bertz CT molecular complexity index is 1070. The number of rotatable bonds is 4. The monoisotopic (exact) mass is 411 g/mol. The van der Waals surface area contributed by atoms with Crippen molar-refractivity contribution in [1.29, 1.82) is 0 Å². The Morgan fingerprint density at radius 1 is 1.13 bits per heavy atom. The highest BCUT2D eigenvalue weighted by Crippen LogP contribution is 2.35. The number of hydrogen-bond donors (Lipinski definition) is 0. The molecule has 2 aromatic heterocycles. The van der Waals surface area contributed by atoms with E-state index in [1.807, 2.05) is 4.90 Å². The van der Waals surface area contributed by atoms with Crippen LogP contribution >= 0.6 is 0 Å². The molecule has 0 bridgehead atoms. The van der Waals surface area contributed by atoms with E-state index in [9.17, 15) is 13.6 Å². The van der Waals surface area contributed by atoms with E-state index in [0.29, 0.717) is 36.3 Å². The summed E-state index contributed by atoms with van der Waals surface area (Å²) < 4.78 is 27.6. The van der Waals surface area contributed by atoms with E-state index in [1.165, 1.54) is 35.5 Å². The van der Waals surface area contributed by atoms with Gasteiger partial charge in [-0.15, -0.1) is 0 Å². The van der Waals surface area contributed by atoms with Crippen molar-refractivity contribution in [2.24, 2.45) is 5.92 Å².